The minimum absolute atomic E-state index is 0.201. The van der Waals surface area contributed by atoms with E-state index in [1.165, 1.54) is 0 Å². The molecule has 1 amide bonds. The molecule has 3 heterocycles. The molecule has 2 saturated heterocycles. The predicted octanol–water partition coefficient (Wildman–Crippen LogP) is 2.99. The fourth-order valence-corrected chi connectivity index (χ4v) is 5.66. The summed E-state index contributed by atoms with van der Waals surface area (Å²) in [6.45, 7) is 4.52. The van der Waals surface area contributed by atoms with Crippen molar-refractivity contribution in [2.24, 2.45) is 0 Å². The fourth-order valence-electron chi connectivity index (χ4n) is 4.22. The zero-order valence-electron chi connectivity index (χ0n) is 19.0. The van der Waals surface area contributed by atoms with Crippen LogP contribution in [0.3, 0.4) is 0 Å². The molecule has 2 aliphatic rings. The van der Waals surface area contributed by atoms with Gasteiger partial charge < -0.3 is 14.4 Å². The van der Waals surface area contributed by atoms with Crippen LogP contribution in [0.5, 0.6) is 0 Å². The second-order valence-electron chi connectivity index (χ2n) is 8.85. The number of aromatic nitrogens is 1. The summed E-state index contributed by atoms with van der Waals surface area (Å²) in [5, 5.41) is -0.546. The number of nitrogens with one attached hydrogen (secondary N) is 1. The van der Waals surface area contributed by atoms with Crippen molar-refractivity contribution >= 4 is 16.1 Å². The second-order valence-corrected chi connectivity index (χ2v) is 10.8. The highest BCUT2D eigenvalue weighted by Gasteiger charge is 2.41. The predicted molar refractivity (Wildman–Crippen MR) is 125 cm³/mol. The molecule has 2 aliphatic heterocycles. The number of rotatable bonds is 7. The Morgan fingerprint density at radius 1 is 1.18 bits per heavy atom. The number of benzene rings is 1. The Hall–Kier alpha value is -2.49. The number of likely N-dealkylation sites (tertiary alicyclic amines) is 1. The SMILES string of the molecule is CC(C)OC(=O)N1CCC[C@@H](NS(=O)(=O)C2COC2)[C@H]1Cc1cccc(-c2ccccc2)n1. The topological polar surface area (TPSA) is 97.8 Å². The first-order valence-electron chi connectivity index (χ1n) is 11.4. The van der Waals surface area contributed by atoms with Crippen LogP contribution < -0.4 is 4.72 Å². The maximum absolute atomic E-state index is 12.9. The lowest BCUT2D eigenvalue weighted by Crippen LogP contribution is -2.60. The number of nitrogens with zero attached hydrogens (tertiary/aromatic N) is 2. The third kappa shape index (κ3) is 5.72. The molecular weight excluding hydrogens is 442 g/mol. The lowest BCUT2D eigenvalue weighted by atomic mass is 9.93. The first kappa shape index (κ1) is 23.7. The molecule has 0 radical (unpaired) electrons. The molecule has 0 spiro atoms. The van der Waals surface area contributed by atoms with E-state index < -0.39 is 33.5 Å². The van der Waals surface area contributed by atoms with E-state index in [2.05, 4.69) is 4.72 Å². The largest absolute Gasteiger partial charge is 0.447 e. The van der Waals surface area contributed by atoms with E-state index in [9.17, 15) is 13.2 Å². The molecule has 8 nitrogen and oxygen atoms in total. The van der Waals surface area contributed by atoms with Crippen LogP contribution in [0.1, 0.15) is 32.4 Å². The summed E-state index contributed by atoms with van der Waals surface area (Å²) in [5.41, 5.74) is 2.63. The van der Waals surface area contributed by atoms with Gasteiger partial charge in [0.25, 0.3) is 0 Å². The molecule has 9 heteroatoms. The first-order chi connectivity index (χ1) is 15.8. The summed E-state index contributed by atoms with van der Waals surface area (Å²) in [5.74, 6) is 0. The van der Waals surface area contributed by atoms with Crippen LogP contribution in [0.4, 0.5) is 4.79 Å². The van der Waals surface area contributed by atoms with Crippen molar-refractivity contribution < 1.29 is 22.7 Å². The molecule has 2 fully saturated rings. The van der Waals surface area contributed by atoms with E-state index in [4.69, 9.17) is 14.5 Å². The van der Waals surface area contributed by atoms with Crippen LogP contribution in [0.15, 0.2) is 48.5 Å². The van der Waals surface area contributed by atoms with Gasteiger partial charge in [-0.25, -0.2) is 17.9 Å². The van der Waals surface area contributed by atoms with Crippen molar-refractivity contribution in [3.63, 3.8) is 0 Å². The van der Waals surface area contributed by atoms with Gasteiger partial charge in [-0.05, 0) is 38.8 Å². The second kappa shape index (κ2) is 10.2. The summed E-state index contributed by atoms with van der Waals surface area (Å²) in [6.07, 6.45) is 1.06. The Bertz CT molecular complexity index is 1060. The number of hydrogen-bond donors (Lipinski definition) is 1. The normalized spacial score (nSPS) is 21.6. The standard InChI is InChI=1S/C24H31N3O5S/c1-17(2)32-24(28)27-13-7-12-22(26-33(29,30)20-15-31-16-20)23(27)14-19-10-6-11-21(25-19)18-8-4-3-5-9-18/h3-6,8-11,17,20,22-23,26H,7,12-16H2,1-2H3/t22-,23-/m1/s1. The lowest BCUT2D eigenvalue weighted by molar-refractivity contribution is 0.0379. The summed E-state index contributed by atoms with van der Waals surface area (Å²) in [6, 6.07) is 14.8. The Labute approximate surface area is 195 Å². The van der Waals surface area contributed by atoms with Crippen LogP contribution in [-0.4, -0.2) is 67.6 Å². The molecule has 33 heavy (non-hydrogen) atoms. The molecule has 0 unspecified atom stereocenters. The van der Waals surface area contributed by atoms with E-state index in [1.54, 1.807) is 18.7 Å². The molecule has 178 valence electrons. The van der Waals surface area contributed by atoms with Gasteiger partial charge in [-0.3, -0.25) is 4.98 Å². The van der Waals surface area contributed by atoms with Crippen molar-refractivity contribution in [3.8, 4) is 11.3 Å². The van der Waals surface area contributed by atoms with Crippen molar-refractivity contribution in [2.45, 2.75) is 56.5 Å². The van der Waals surface area contributed by atoms with E-state index in [0.29, 0.717) is 25.8 Å². The van der Waals surface area contributed by atoms with Crippen molar-refractivity contribution in [3.05, 3.63) is 54.2 Å². The highest BCUT2D eigenvalue weighted by molar-refractivity contribution is 7.90. The smallest absolute Gasteiger partial charge is 0.410 e. The van der Waals surface area contributed by atoms with E-state index >= 15 is 0 Å². The molecule has 2 aromatic rings. The van der Waals surface area contributed by atoms with Gasteiger partial charge in [0.2, 0.25) is 10.0 Å². The molecule has 0 saturated carbocycles. The number of carbonyl (C=O) groups is 1. The lowest BCUT2D eigenvalue weighted by Gasteiger charge is -2.41. The van der Waals surface area contributed by atoms with Crippen LogP contribution in [0.2, 0.25) is 0 Å². The minimum atomic E-state index is -3.55. The van der Waals surface area contributed by atoms with Gasteiger partial charge in [0.05, 0.1) is 31.1 Å². The maximum atomic E-state index is 12.9. The van der Waals surface area contributed by atoms with E-state index in [1.807, 2.05) is 48.5 Å². The third-order valence-electron chi connectivity index (χ3n) is 6.01. The monoisotopic (exact) mass is 473 g/mol. The van der Waals surface area contributed by atoms with Crippen LogP contribution >= 0.6 is 0 Å². The Balaban J connectivity index is 1.60. The number of carbonyl (C=O) groups excluding carboxylic acids is 1. The zero-order chi connectivity index (χ0) is 23.4. The number of amides is 1. The van der Waals surface area contributed by atoms with Gasteiger partial charge in [0.15, 0.2) is 0 Å². The minimum Gasteiger partial charge on any atom is -0.447 e. The highest BCUT2D eigenvalue weighted by Crippen LogP contribution is 2.25. The summed E-state index contributed by atoms with van der Waals surface area (Å²) < 4.78 is 39.1. The molecule has 4 rings (SSSR count). The van der Waals surface area contributed by atoms with Gasteiger partial charge in [-0.2, -0.15) is 0 Å². The third-order valence-corrected chi connectivity index (χ3v) is 7.79. The van der Waals surface area contributed by atoms with Gasteiger partial charge in [-0.1, -0.05) is 36.4 Å². The molecular formula is C24H31N3O5S. The van der Waals surface area contributed by atoms with Gasteiger partial charge >= 0.3 is 6.09 Å². The maximum Gasteiger partial charge on any atom is 0.410 e. The Morgan fingerprint density at radius 2 is 1.94 bits per heavy atom. The molecule has 1 aromatic carbocycles. The molecule has 2 atom stereocenters. The van der Waals surface area contributed by atoms with Crippen molar-refractivity contribution in [1.29, 1.82) is 0 Å². The Kier molecular flexibility index (Phi) is 7.31. The molecule has 1 aromatic heterocycles. The average molecular weight is 474 g/mol. The first-order valence-corrected chi connectivity index (χ1v) is 13.0. The van der Waals surface area contributed by atoms with Crippen molar-refractivity contribution in [2.75, 3.05) is 19.8 Å². The number of piperidine rings is 1. The zero-order valence-corrected chi connectivity index (χ0v) is 19.8. The number of pyridine rings is 1. The molecule has 0 aliphatic carbocycles. The van der Waals surface area contributed by atoms with Crippen LogP contribution in [0.25, 0.3) is 11.3 Å². The summed E-state index contributed by atoms with van der Waals surface area (Å²) in [7, 11) is -3.55. The van der Waals surface area contributed by atoms with Crippen LogP contribution in [-0.2, 0) is 25.9 Å². The average Bonchev–Trinajstić information content (AvgIpc) is 2.73. The fraction of sp³-hybridized carbons (Fsp3) is 0.500. The molecule has 0 bridgehead atoms. The van der Waals surface area contributed by atoms with Gasteiger partial charge in [0, 0.05) is 30.3 Å². The molecule has 1 N–H and O–H groups in total. The summed E-state index contributed by atoms with van der Waals surface area (Å²) >= 11 is 0. The number of hydrogen-bond acceptors (Lipinski definition) is 6. The van der Waals surface area contributed by atoms with E-state index in [-0.39, 0.29) is 19.3 Å². The van der Waals surface area contributed by atoms with Gasteiger partial charge in [0.1, 0.15) is 5.25 Å². The number of sulfonamides is 1. The van der Waals surface area contributed by atoms with Crippen molar-refractivity contribution in [1.82, 2.24) is 14.6 Å². The summed E-state index contributed by atoms with van der Waals surface area (Å²) in [4.78, 5) is 19.4. The highest BCUT2D eigenvalue weighted by atomic mass is 32.2. The number of ether oxygens (including phenoxy) is 2. The quantitative estimate of drug-likeness (QED) is 0.664. The van der Waals surface area contributed by atoms with Crippen LogP contribution in [0, 0.1) is 0 Å². The van der Waals surface area contributed by atoms with Gasteiger partial charge in [-0.15, -0.1) is 0 Å². The Morgan fingerprint density at radius 3 is 2.61 bits per heavy atom. The van der Waals surface area contributed by atoms with E-state index in [0.717, 1.165) is 17.0 Å².